The van der Waals surface area contributed by atoms with Gasteiger partial charge in [0.1, 0.15) is 34.9 Å². The zero-order chi connectivity index (χ0) is 34.9. The van der Waals surface area contributed by atoms with Gasteiger partial charge in [-0.3, -0.25) is 9.59 Å². The van der Waals surface area contributed by atoms with Crippen LogP contribution in [-0.4, -0.2) is 77.9 Å². The maximum absolute atomic E-state index is 13.4. The molecule has 10 nitrogen and oxygen atoms in total. The lowest BCUT2D eigenvalue weighted by atomic mass is 9.97. The average Bonchev–Trinajstić information content (AvgIpc) is 3.02. The molecule has 0 aromatic heterocycles. The lowest BCUT2D eigenvalue weighted by molar-refractivity contribution is -0.321. The second-order valence-corrected chi connectivity index (χ2v) is 15.2. The SMILES string of the molecule is CCS[C@@H]1O[C@@H]2COC(c3ccccc3)O[C@@H]2[C@H](OC(=O)c2ccccc2)[C@H]1OCCCCC(C(=O)OC(C)(C)C)C(=O)OC(C)(C)C. The Labute approximate surface area is 288 Å². The van der Waals surface area contributed by atoms with E-state index >= 15 is 0 Å². The van der Waals surface area contributed by atoms with Crippen LogP contribution < -0.4 is 0 Å². The van der Waals surface area contributed by atoms with Gasteiger partial charge in [0.05, 0.1) is 12.2 Å². The molecule has 2 heterocycles. The second kappa shape index (κ2) is 17.1. The zero-order valence-electron chi connectivity index (χ0n) is 29.0. The average molecular weight is 687 g/mol. The maximum Gasteiger partial charge on any atom is 0.338 e. The summed E-state index contributed by atoms with van der Waals surface area (Å²) in [5.74, 6) is -2.03. The van der Waals surface area contributed by atoms with Crippen LogP contribution in [0.4, 0.5) is 0 Å². The van der Waals surface area contributed by atoms with Crippen molar-refractivity contribution in [1.29, 1.82) is 0 Å². The molecule has 0 N–H and O–H groups in total. The molecule has 2 aromatic carbocycles. The summed E-state index contributed by atoms with van der Waals surface area (Å²) in [6, 6.07) is 18.4. The molecule has 6 atom stereocenters. The van der Waals surface area contributed by atoms with Gasteiger partial charge >= 0.3 is 17.9 Å². The summed E-state index contributed by atoms with van der Waals surface area (Å²) < 4.78 is 42.8. The number of esters is 3. The van der Waals surface area contributed by atoms with Gasteiger partial charge in [0.15, 0.2) is 18.3 Å². The van der Waals surface area contributed by atoms with Gasteiger partial charge in [0, 0.05) is 12.2 Å². The van der Waals surface area contributed by atoms with E-state index in [1.807, 2.05) is 43.3 Å². The Morgan fingerprint density at radius 1 is 0.833 bits per heavy atom. The molecule has 0 saturated carbocycles. The fourth-order valence-electron chi connectivity index (χ4n) is 5.45. The summed E-state index contributed by atoms with van der Waals surface area (Å²) in [4.78, 5) is 39.4. The number of fused-ring (bicyclic) bond motifs is 1. The van der Waals surface area contributed by atoms with Crippen LogP contribution in [0.25, 0.3) is 0 Å². The van der Waals surface area contributed by atoms with Crippen molar-refractivity contribution >= 4 is 29.7 Å². The molecule has 2 aliphatic heterocycles. The van der Waals surface area contributed by atoms with Crippen molar-refractivity contribution in [3.8, 4) is 0 Å². The minimum atomic E-state index is -1.06. The van der Waals surface area contributed by atoms with Gasteiger partial charge in [0.25, 0.3) is 0 Å². The van der Waals surface area contributed by atoms with Crippen molar-refractivity contribution in [1.82, 2.24) is 0 Å². The molecule has 2 aromatic rings. The molecule has 2 saturated heterocycles. The van der Waals surface area contributed by atoms with Gasteiger partial charge in [-0.1, -0.05) is 55.5 Å². The summed E-state index contributed by atoms with van der Waals surface area (Å²) in [5.41, 5.74) is -0.689. The number of thioether (sulfide) groups is 1. The summed E-state index contributed by atoms with van der Waals surface area (Å²) in [6.45, 7) is 13.1. The third-order valence-corrected chi connectivity index (χ3v) is 8.56. The molecule has 0 spiro atoms. The Hall–Kier alpha value is -2.96. The number of carbonyl (C=O) groups is 3. The van der Waals surface area contributed by atoms with E-state index in [1.165, 1.54) is 0 Å². The van der Waals surface area contributed by atoms with E-state index in [9.17, 15) is 14.4 Å². The third-order valence-electron chi connectivity index (χ3n) is 7.52. The Morgan fingerprint density at radius 3 is 2.02 bits per heavy atom. The van der Waals surface area contributed by atoms with E-state index in [-0.39, 0.29) is 19.6 Å². The molecule has 48 heavy (non-hydrogen) atoms. The van der Waals surface area contributed by atoms with Crippen LogP contribution in [0.15, 0.2) is 60.7 Å². The molecule has 11 heteroatoms. The Balaban J connectivity index is 1.49. The van der Waals surface area contributed by atoms with E-state index in [2.05, 4.69) is 0 Å². The minimum Gasteiger partial charge on any atom is -0.459 e. The number of ether oxygens (including phenoxy) is 7. The standard InChI is InChI=1S/C37H50O10S/c1-8-48-35-30(41-22-16-15-21-26(32(39)46-36(2,3)4)33(40)47-37(5,6)7)29(44-31(38)24-17-11-9-12-18-24)28-27(43-35)23-42-34(45-28)25-19-13-10-14-20-25/h9-14,17-20,26-30,34-35H,8,15-16,21-23H2,1-7H3/t27-,28+,29+,30-,34?,35+/m1/s1. The highest BCUT2D eigenvalue weighted by Crippen LogP contribution is 2.39. The smallest absolute Gasteiger partial charge is 0.338 e. The molecule has 0 aliphatic carbocycles. The van der Waals surface area contributed by atoms with E-state index in [4.69, 9.17) is 33.2 Å². The highest BCUT2D eigenvalue weighted by molar-refractivity contribution is 7.99. The van der Waals surface area contributed by atoms with Gasteiger partial charge < -0.3 is 33.2 Å². The number of rotatable bonds is 13. The predicted molar refractivity (Wildman–Crippen MR) is 181 cm³/mol. The van der Waals surface area contributed by atoms with Crippen molar-refractivity contribution in [2.24, 2.45) is 5.92 Å². The third kappa shape index (κ3) is 11.0. The van der Waals surface area contributed by atoms with Crippen molar-refractivity contribution in [2.45, 2.75) is 115 Å². The molecule has 0 bridgehead atoms. The number of unbranched alkanes of at least 4 members (excludes halogenated alkanes) is 1. The molecular weight excluding hydrogens is 636 g/mol. The molecule has 4 rings (SSSR count). The first-order valence-electron chi connectivity index (χ1n) is 16.7. The van der Waals surface area contributed by atoms with Crippen LogP contribution in [0.2, 0.25) is 0 Å². The number of benzene rings is 2. The molecule has 2 fully saturated rings. The lowest BCUT2D eigenvalue weighted by Gasteiger charge is -2.48. The number of hydrogen-bond acceptors (Lipinski definition) is 11. The fourth-order valence-corrected chi connectivity index (χ4v) is 6.42. The summed E-state index contributed by atoms with van der Waals surface area (Å²) in [7, 11) is 0. The molecule has 264 valence electrons. The summed E-state index contributed by atoms with van der Waals surface area (Å²) in [6.07, 6.45) is -2.02. The Bertz CT molecular complexity index is 1300. The van der Waals surface area contributed by atoms with Gasteiger partial charge in [-0.05, 0) is 78.7 Å². The quantitative estimate of drug-likeness (QED) is 0.0975. The topological polar surface area (TPSA) is 116 Å². The fraction of sp³-hybridized carbons (Fsp3) is 0.595. The highest BCUT2D eigenvalue weighted by Gasteiger charge is 2.52. The van der Waals surface area contributed by atoms with Gasteiger partial charge in [-0.2, -0.15) is 0 Å². The largest absolute Gasteiger partial charge is 0.459 e. The monoisotopic (exact) mass is 686 g/mol. The van der Waals surface area contributed by atoms with E-state index in [0.717, 1.165) is 11.3 Å². The Kier molecular flexibility index (Phi) is 13.5. The van der Waals surface area contributed by atoms with Crippen molar-refractivity contribution in [2.75, 3.05) is 19.0 Å². The molecule has 0 radical (unpaired) electrons. The number of carbonyl (C=O) groups excluding carboxylic acids is 3. The van der Waals surface area contributed by atoms with Gasteiger partial charge in [-0.25, -0.2) is 4.79 Å². The van der Waals surface area contributed by atoms with Crippen molar-refractivity contribution in [3.05, 3.63) is 71.8 Å². The predicted octanol–water partition coefficient (Wildman–Crippen LogP) is 6.66. The van der Waals surface area contributed by atoms with E-state index in [0.29, 0.717) is 18.4 Å². The minimum absolute atomic E-state index is 0.234. The first-order valence-corrected chi connectivity index (χ1v) is 17.7. The lowest BCUT2D eigenvalue weighted by Crippen LogP contribution is -2.62. The van der Waals surface area contributed by atoms with Crippen LogP contribution >= 0.6 is 11.8 Å². The Morgan fingerprint density at radius 2 is 1.44 bits per heavy atom. The summed E-state index contributed by atoms with van der Waals surface area (Å²) >= 11 is 1.55. The van der Waals surface area contributed by atoms with Crippen LogP contribution in [0.5, 0.6) is 0 Å². The zero-order valence-corrected chi connectivity index (χ0v) is 29.9. The van der Waals surface area contributed by atoms with E-state index in [1.54, 1.807) is 77.6 Å². The van der Waals surface area contributed by atoms with Crippen LogP contribution in [0.1, 0.15) is 89.9 Å². The highest BCUT2D eigenvalue weighted by atomic mass is 32.2. The van der Waals surface area contributed by atoms with Gasteiger partial charge in [-0.15, -0.1) is 11.8 Å². The summed E-state index contributed by atoms with van der Waals surface area (Å²) in [5, 5.41) is 0. The van der Waals surface area contributed by atoms with Gasteiger partial charge in [0.2, 0.25) is 0 Å². The molecule has 2 aliphatic rings. The van der Waals surface area contributed by atoms with Crippen LogP contribution in [0.3, 0.4) is 0 Å². The first-order chi connectivity index (χ1) is 22.8. The number of hydrogen-bond donors (Lipinski definition) is 0. The molecular formula is C37H50O10S. The maximum atomic E-state index is 13.4. The van der Waals surface area contributed by atoms with Crippen molar-refractivity contribution < 1.29 is 47.5 Å². The van der Waals surface area contributed by atoms with Crippen molar-refractivity contribution in [3.63, 3.8) is 0 Å². The first kappa shape index (κ1) is 37.9. The second-order valence-electron chi connectivity index (χ2n) is 13.9. The normalized spacial score (nSPS) is 24.4. The van der Waals surface area contributed by atoms with Crippen LogP contribution in [-0.2, 0) is 42.7 Å². The molecule has 1 unspecified atom stereocenters. The van der Waals surface area contributed by atoms with Crippen LogP contribution in [0, 0.1) is 5.92 Å². The molecule has 0 amide bonds. The van der Waals surface area contributed by atoms with E-state index < -0.39 is 71.2 Å².